The molecule has 0 amide bonds. The van der Waals surface area contributed by atoms with Gasteiger partial charge in [0, 0.05) is 31.4 Å². The zero-order valence-electron chi connectivity index (χ0n) is 16.8. The number of nitrogens with zero attached hydrogens (tertiary/aromatic N) is 4. The predicted octanol–water partition coefficient (Wildman–Crippen LogP) is 1.97. The third-order valence-electron chi connectivity index (χ3n) is 4.74. The van der Waals surface area contributed by atoms with Crippen LogP contribution in [0.2, 0.25) is 0 Å². The van der Waals surface area contributed by atoms with E-state index in [4.69, 9.17) is 0 Å². The fourth-order valence-electron chi connectivity index (χ4n) is 3.49. The van der Waals surface area contributed by atoms with Gasteiger partial charge in [0.2, 0.25) is 16.0 Å². The zero-order valence-corrected chi connectivity index (χ0v) is 17.6. The Hall–Kier alpha value is -2.20. The van der Waals surface area contributed by atoms with Gasteiger partial charge in [-0.25, -0.2) is 23.1 Å². The van der Waals surface area contributed by atoms with E-state index in [9.17, 15) is 8.42 Å². The van der Waals surface area contributed by atoms with Crippen LogP contribution in [0.1, 0.15) is 39.5 Å². The third-order valence-corrected chi connectivity index (χ3v) is 5.50. The molecule has 3 N–H and O–H groups in total. The number of nitrogens with one attached hydrogen (secondary N) is 3. The summed E-state index contributed by atoms with van der Waals surface area (Å²) < 4.78 is 27.3. The summed E-state index contributed by atoms with van der Waals surface area (Å²) in [5.41, 5.74) is 1.74. The first-order valence-corrected chi connectivity index (χ1v) is 11.5. The summed E-state index contributed by atoms with van der Waals surface area (Å²) in [7, 11) is -1.26. The van der Waals surface area contributed by atoms with E-state index in [1.165, 1.54) is 6.26 Å². The first-order chi connectivity index (χ1) is 13.2. The van der Waals surface area contributed by atoms with Crippen LogP contribution < -0.4 is 15.4 Å². The molecule has 2 heterocycles. The highest BCUT2D eigenvalue weighted by Gasteiger charge is 2.24. The summed E-state index contributed by atoms with van der Waals surface area (Å²) in [6.45, 7) is 4.16. The molecule has 0 unspecified atom stereocenters. The average molecular weight is 408 g/mol. The number of aromatic nitrogens is 4. The van der Waals surface area contributed by atoms with Crippen molar-refractivity contribution in [1.82, 2.24) is 24.5 Å². The van der Waals surface area contributed by atoms with Gasteiger partial charge in [0.15, 0.2) is 0 Å². The Morgan fingerprint density at radius 3 is 2.50 bits per heavy atom. The Labute approximate surface area is 166 Å². The van der Waals surface area contributed by atoms with Gasteiger partial charge < -0.3 is 10.6 Å². The van der Waals surface area contributed by atoms with Crippen LogP contribution >= 0.6 is 0 Å². The fraction of sp³-hybridized carbons (Fsp3) is 0.611. The number of rotatable bonds is 7. The van der Waals surface area contributed by atoms with E-state index in [2.05, 4.69) is 44.3 Å². The van der Waals surface area contributed by atoms with Crippen molar-refractivity contribution < 1.29 is 8.42 Å². The van der Waals surface area contributed by atoms with Crippen LogP contribution in [0, 0.1) is 0 Å². The Morgan fingerprint density at radius 1 is 1.18 bits per heavy atom. The number of hydrogen-bond donors (Lipinski definition) is 3. The van der Waals surface area contributed by atoms with Crippen molar-refractivity contribution in [3.63, 3.8) is 0 Å². The summed E-state index contributed by atoms with van der Waals surface area (Å²) in [4.78, 5) is 9.02. The molecule has 1 fully saturated rings. The van der Waals surface area contributed by atoms with Crippen LogP contribution in [-0.2, 0) is 17.1 Å². The normalized spacial score (nSPS) is 20.3. The van der Waals surface area contributed by atoms with E-state index in [0.29, 0.717) is 5.95 Å². The minimum atomic E-state index is -3.16. The Kier molecular flexibility index (Phi) is 6.19. The van der Waals surface area contributed by atoms with E-state index < -0.39 is 10.0 Å². The van der Waals surface area contributed by atoms with Crippen molar-refractivity contribution in [3.8, 4) is 11.3 Å². The van der Waals surface area contributed by atoms with Crippen LogP contribution in [-0.4, -0.2) is 52.5 Å². The molecule has 3 rings (SSSR count). The van der Waals surface area contributed by atoms with Gasteiger partial charge in [-0.1, -0.05) is 0 Å². The minimum absolute atomic E-state index is 0.0142. The highest BCUT2D eigenvalue weighted by Crippen LogP contribution is 2.27. The van der Waals surface area contributed by atoms with Gasteiger partial charge in [0.05, 0.1) is 23.7 Å². The van der Waals surface area contributed by atoms with Crippen LogP contribution in [0.25, 0.3) is 11.3 Å². The maximum absolute atomic E-state index is 11.4. The minimum Gasteiger partial charge on any atom is -0.368 e. The Bertz CT molecular complexity index is 902. The largest absolute Gasteiger partial charge is 0.368 e. The Balaban J connectivity index is 1.67. The molecule has 0 aromatic carbocycles. The second kappa shape index (κ2) is 8.44. The monoisotopic (exact) mass is 407 g/mol. The van der Waals surface area contributed by atoms with Gasteiger partial charge in [-0.05, 0) is 45.6 Å². The van der Waals surface area contributed by atoms with Crippen molar-refractivity contribution in [3.05, 3.63) is 18.5 Å². The van der Waals surface area contributed by atoms with Crippen molar-refractivity contribution in [1.29, 1.82) is 0 Å². The standard InChI is InChI=1S/C18H29N7O2S/c1-12(2)21-17-15(11-20-25(17)3)16-9-10-19-18(23-16)22-13-5-7-14(8-6-13)24-28(4,26)27/h9-14,21,24H,5-8H2,1-4H3,(H,19,22,23)/t13-,14-. The fourth-order valence-corrected chi connectivity index (χ4v) is 4.33. The molecule has 0 bridgehead atoms. The lowest BCUT2D eigenvalue weighted by Crippen LogP contribution is -2.39. The third kappa shape index (κ3) is 5.41. The van der Waals surface area contributed by atoms with Gasteiger partial charge >= 0.3 is 0 Å². The maximum atomic E-state index is 11.4. The second-order valence-corrected chi connectivity index (χ2v) is 9.46. The van der Waals surface area contributed by atoms with Gasteiger partial charge in [0.1, 0.15) is 5.82 Å². The predicted molar refractivity (Wildman–Crippen MR) is 111 cm³/mol. The van der Waals surface area contributed by atoms with Crippen LogP contribution in [0.15, 0.2) is 18.5 Å². The molecule has 28 heavy (non-hydrogen) atoms. The van der Waals surface area contributed by atoms with Crippen molar-refractivity contribution >= 4 is 21.8 Å². The zero-order chi connectivity index (χ0) is 20.3. The smallest absolute Gasteiger partial charge is 0.223 e. The van der Waals surface area contributed by atoms with Gasteiger partial charge in [-0.2, -0.15) is 5.10 Å². The van der Waals surface area contributed by atoms with E-state index in [1.807, 2.05) is 13.1 Å². The van der Waals surface area contributed by atoms with Crippen molar-refractivity contribution in [2.75, 3.05) is 16.9 Å². The molecule has 1 aliphatic carbocycles. The molecule has 9 nitrogen and oxygen atoms in total. The van der Waals surface area contributed by atoms with E-state index in [-0.39, 0.29) is 18.1 Å². The molecular weight excluding hydrogens is 378 g/mol. The molecule has 0 radical (unpaired) electrons. The quantitative estimate of drug-likeness (QED) is 0.643. The highest BCUT2D eigenvalue weighted by molar-refractivity contribution is 7.88. The van der Waals surface area contributed by atoms with Crippen LogP contribution in [0.4, 0.5) is 11.8 Å². The molecule has 0 aliphatic heterocycles. The molecular formula is C18H29N7O2S. The molecule has 2 aromatic rings. The highest BCUT2D eigenvalue weighted by atomic mass is 32.2. The van der Waals surface area contributed by atoms with Crippen molar-refractivity contribution in [2.24, 2.45) is 7.05 Å². The number of anilines is 2. The SMILES string of the molecule is CC(C)Nc1c(-c2ccnc(N[C@H]3CC[C@H](NS(C)(=O)=O)CC3)n2)cnn1C. The molecule has 1 aliphatic rings. The lowest BCUT2D eigenvalue weighted by atomic mass is 9.92. The summed E-state index contributed by atoms with van der Waals surface area (Å²) in [5.74, 6) is 1.50. The summed E-state index contributed by atoms with van der Waals surface area (Å²) >= 11 is 0. The van der Waals surface area contributed by atoms with Gasteiger partial charge in [-0.15, -0.1) is 0 Å². The summed E-state index contributed by atoms with van der Waals surface area (Å²) in [5, 5.41) is 11.1. The van der Waals surface area contributed by atoms with E-state index >= 15 is 0 Å². The average Bonchev–Trinajstić information content (AvgIpc) is 2.96. The second-order valence-electron chi connectivity index (χ2n) is 7.68. The van der Waals surface area contributed by atoms with Gasteiger partial charge in [-0.3, -0.25) is 4.68 Å². The molecule has 154 valence electrons. The molecule has 1 saturated carbocycles. The first kappa shape index (κ1) is 20.5. The Morgan fingerprint density at radius 2 is 1.86 bits per heavy atom. The van der Waals surface area contributed by atoms with Crippen LogP contribution in [0.5, 0.6) is 0 Å². The summed E-state index contributed by atoms with van der Waals surface area (Å²) in [6, 6.07) is 2.40. The first-order valence-electron chi connectivity index (χ1n) is 9.57. The molecule has 0 saturated heterocycles. The lowest BCUT2D eigenvalue weighted by Gasteiger charge is -2.29. The van der Waals surface area contributed by atoms with Gasteiger partial charge in [0.25, 0.3) is 0 Å². The molecule has 0 spiro atoms. The maximum Gasteiger partial charge on any atom is 0.223 e. The molecule has 2 aromatic heterocycles. The number of hydrogen-bond acceptors (Lipinski definition) is 7. The topological polar surface area (TPSA) is 114 Å². The van der Waals surface area contributed by atoms with Crippen LogP contribution in [0.3, 0.4) is 0 Å². The molecule has 0 atom stereocenters. The molecule has 10 heteroatoms. The lowest BCUT2D eigenvalue weighted by molar-refractivity contribution is 0.387. The van der Waals surface area contributed by atoms with Crippen molar-refractivity contribution in [2.45, 2.75) is 57.7 Å². The summed E-state index contributed by atoms with van der Waals surface area (Å²) in [6.07, 6.45) is 8.09. The number of aryl methyl sites for hydroxylation is 1. The van der Waals surface area contributed by atoms with E-state index in [1.54, 1.807) is 17.1 Å². The number of sulfonamides is 1. The van der Waals surface area contributed by atoms with E-state index in [0.717, 1.165) is 42.8 Å².